The monoisotopic (exact) mass is 755 g/mol. The molecule has 4 aliphatic heterocycles. The van der Waals surface area contributed by atoms with Gasteiger partial charge >= 0.3 is 5.97 Å². The third-order valence-corrected chi connectivity index (χ3v) is 11.1. The van der Waals surface area contributed by atoms with Crippen molar-refractivity contribution in [3.63, 3.8) is 0 Å². The molecule has 3 amide bonds. The predicted octanol–water partition coefficient (Wildman–Crippen LogP) is 5.35. The Kier molecular flexibility index (Phi) is 10.4. The van der Waals surface area contributed by atoms with Crippen molar-refractivity contribution >= 4 is 56.1 Å². The minimum atomic E-state index is -1.41. The van der Waals surface area contributed by atoms with Gasteiger partial charge in [0.25, 0.3) is 5.91 Å². The summed E-state index contributed by atoms with van der Waals surface area (Å²) in [6.45, 7) is 0.646. The predicted molar refractivity (Wildman–Crippen MR) is 196 cm³/mol. The van der Waals surface area contributed by atoms with E-state index in [-0.39, 0.29) is 43.8 Å². The lowest BCUT2D eigenvalue weighted by molar-refractivity contribution is -0.159. The number of carbonyl (C=O) groups excluding carboxylic acids is 4. The zero-order valence-corrected chi connectivity index (χ0v) is 29.9. The molecular formula is C40H42BrN3O7. The summed E-state index contributed by atoms with van der Waals surface area (Å²) in [5.74, 6) is -3.47. The molecule has 4 heterocycles. The van der Waals surface area contributed by atoms with Gasteiger partial charge in [0.15, 0.2) is 0 Å². The molecule has 6 atom stereocenters. The van der Waals surface area contributed by atoms with Crippen LogP contribution in [-0.4, -0.2) is 77.7 Å². The number of fused-ring (bicyclic) bond motifs is 3. The van der Waals surface area contributed by atoms with Crippen molar-refractivity contribution in [3.8, 4) is 0 Å². The fourth-order valence-electron chi connectivity index (χ4n) is 7.99. The molecule has 0 aromatic heterocycles. The molecule has 3 aromatic rings. The standard InChI is InChI=1S/C40H42BrN3O7/c41-30-24-40-34-33(35(30)51-40)39(49)50-31(27-14-5-3-6-15-27)25-42-32(46)17-7-4-11-20-43(29-19-18-26-13-8-9-16-28(26)23-29)38(48)36(40)44(37(34)47)21-10-1-2-12-22-45/h3-6,8-9,11,13-16,18-19,23-24,31,33-36,45H,1-2,7,10,12,17,20-22,25H2,(H,42,46)/b11-4-/t31-,33-,34+,35-,36-,40+/m0/s1. The maximum atomic E-state index is 15.2. The number of allylic oxidation sites excluding steroid dienone is 1. The van der Waals surface area contributed by atoms with E-state index in [1.165, 1.54) is 0 Å². The Bertz CT molecular complexity index is 1860. The van der Waals surface area contributed by atoms with Crippen molar-refractivity contribution in [3.05, 3.63) is 101 Å². The van der Waals surface area contributed by atoms with Gasteiger partial charge in [-0.05, 0) is 53.8 Å². The van der Waals surface area contributed by atoms with Gasteiger partial charge in [-0.15, -0.1) is 0 Å². The number of likely N-dealkylation sites (tertiary alicyclic amines) is 1. The quantitative estimate of drug-likeness (QED) is 0.181. The lowest BCUT2D eigenvalue weighted by Crippen LogP contribution is -2.56. The zero-order valence-electron chi connectivity index (χ0n) is 28.3. The van der Waals surface area contributed by atoms with Gasteiger partial charge < -0.3 is 29.7 Å². The van der Waals surface area contributed by atoms with Crippen LogP contribution in [0.1, 0.15) is 50.2 Å². The molecule has 0 aliphatic carbocycles. The van der Waals surface area contributed by atoms with Crippen LogP contribution in [0.2, 0.25) is 0 Å². The summed E-state index contributed by atoms with van der Waals surface area (Å²) in [5.41, 5.74) is -0.0412. The van der Waals surface area contributed by atoms with Crippen LogP contribution in [0.3, 0.4) is 0 Å². The van der Waals surface area contributed by atoms with E-state index in [1.807, 2.05) is 91.0 Å². The van der Waals surface area contributed by atoms with E-state index in [4.69, 9.17) is 9.47 Å². The molecule has 2 saturated heterocycles. The highest BCUT2D eigenvalue weighted by atomic mass is 79.9. The van der Waals surface area contributed by atoms with Gasteiger partial charge in [-0.3, -0.25) is 19.2 Å². The molecule has 10 nitrogen and oxygen atoms in total. The molecule has 5 bridgehead atoms. The lowest BCUT2D eigenvalue weighted by atomic mass is 9.74. The van der Waals surface area contributed by atoms with Crippen LogP contribution in [0.15, 0.2) is 95.5 Å². The number of esters is 1. The van der Waals surface area contributed by atoms with Crippen LogP contribution in [0, 0.1) is 11.8 Å². The maximum absolute atomic E-state index is 15.2. The fraction of sp³-hybridized carbons (Fsp3) is 0.400. The molecule has 2 fully saturated rings. The molecule has 1 spiro atoms. The van der Waals surface area contributed by atoms with Crippen LogP contribution < -0.4 is 10.2 Å². The number of halogens is 1. The topological polar surface area (TPSA) is 125 Å². The van der Waals surface area contributed by atoms with E-state index in [0.29, 0.717) is 41.5 Å². The average molecular weight is 757 g/mol. The second-order valence-corrected chi connectivity index (χ2v) is 14.5. The Labute approximate surface area is 305 Å². The first-order chi connectivity index (χ1) is 24.8. The minimum absolute atomic E-state index is 0.0636. The van der Waals surface area contributed by atoms with Crippen molar-refractivity contribution in [2.75, 3.05) is 31.1 Å². The van der Waals surface area contributed by atoms with Crippen LogP contribution in [0.25, 0.3) is 10.8 Å². The van der Waals surface area contributed by atoms with E-state index < -0.39 is 41.7 Å². The number of amides is 3. The number of unbranched alkanes of at least 4 members (excludes halogenated alkanes) is 3. The molecule has 2 N–H and O–H groups in total. The molecular weight excluding hydrogens is 714 g/mol. The number of ether oxygens (including phenoxy) is 2. The Morgan fingerprint density at radius 3 is 2.45 bits per heavy atom. The number of benzene rings is 3. The molecule has 0 radical (unpaired) electrons. The molecule has 0 saturated carbocycles. The largest absolute Gasteiger partial charge is 0.455 e. The number of cyclic esters (lactones) is 1. The number of rotatable bonds is 8. The number of hydrogen-bond acceptors (Lipinski definition) is 7. The van der Waals surface area contributed by atoms with Crippen molar-refractivity contribution in [2.24, 2.45) is 11.8 Å². The summed E-state index contributed by atoms with van der Waals surface area (Å²) < 4.78 is 13.5. The Hall–Kier alpha value is -4.32. The third-order valence-electron chi connectivity index (χ3n) is 10.5. The number of nitrogens with one attached hydrogen (secondary N) is 1. The molecule has 266 valence electrons. The van der Waals surface area contributed by atoms with Gasteiger partial charge in [0.2, 0.25) is 11.8 Å². The van der Waals surface area contributed by atoms with E-state index in [9.17, 15) is 19.5 Å². The number of hydrogen-bond donors (Lipinski definition) is 2. The SMILES string of the molecule is O=C1CC/C=C\CN(c2ccc3ccccc3c2)C(=O)[C@@H]2N(CCCCCCO)C(=O)[C@H]3[C@H](C(=O)O[C@H](c4ccccc4)CN1)[C@H]1O[C@@]23C=C1Br. The van der Waals surface area contributed by atoms with E-state index in [1.54, 1.807) is 9.80 Å². The number of anilines is 1. The summed E-state index contributed by atoms with van der Waals surface area (Å²) >= 11 is 3.63. The van der Waals surface area contributed by atoms with Crippen LogP contribution >= 0.6 is 15.9 Å². The fourth-order valence-corrected chi connectivity index (χ4v) is 8.73. The smallest absolute Gasteiger partial charge is 0.313 e. The van der Waals surface area contributed by atoms with E-state index >= 15 is 4.79 Å². The molecule has 7 rings (SSSR count). The summed E-state index contributed by atoms with van der Waals surface area (Å²) in [7, 11) is 0. The number of nitrogens with zero attached hydrogens (tertiary/aromatic N) is 2. The molecule has 51 heavy (non-hydrogen) atoms. The number of aliphatic hydroxyl groups excluding tert-OH is 1. The summed E-state index contributed by atoms with van der Waals surface area (Å²) in [6.07, 6.45) is 7.46. The normalized spacial score (nSPS) is 28.8. The first-order valence-corrected chi connectivity index (χ1v) is 18.6. The molecule has 3 aromatic carbocycles. The van der Waals surface area contributed by atoms with E-state index in [2.05, 4.69) is 21.2 Å². The summed E-state index contributed by atoms with van der Waals surface area (Å²) in [5, 5.41) is 14.2. The van der Waals surface area contributed by atoms with Crippen molar-refractivity contribution < 1.29 is 33.8 Å². The van der Waals surface area contributed by atoms with Gasteiger partial charge in [-0.25, -0.2) is 0 Å². The van der Waals surface area contributed by atoms with Gasteiger partial charge in [0, 0.05) is 36.3 Å². The highest BCUT2D eigenvalue weighted by molar-refractivity contribution is 9.11. The van der Waals surface area contributed by atoms with E-state index in [0.717, 1.165) is 23.6 Å². The lowest BCUT2D eigenvalue weighted by Gasteiger charge is -2.36. The zero-order chi connectivity index (χ0) is 35.5. The molecule has 4 aliphatic rings. The van der Waals surface area contributed by atoms with Crippen LogP contribution in [0.4, 0.5) is 5.69 Å². The summed E-state index contributed by atoms with van der Waals surface area (Å²) in [6, 6.07) is 21.9. The first kappa shape index (κ1) is 35.1. The Morgan fingerprint density at radius 2 is 1.65 bits per heavy atom. The highest BCUT2D eigenvalue weighted by Gasteiger charge is 2.75. The average Bonchev–Trinajstić information content (AvgIpc) is 3.74. The molecule has 0 unspecified atom stereocenters. The van der Waals surface area contributed by atoms with Crippen LogP contribution in [-0.2, 0) is 28.7 Å². The number of carbonyl (C=O) groups is 4. The van der Waals surface area contributed by atoms with Crippen molar-refractivity contribution in [2.45, 2.75) is 62.4 Å². The van der Waals surface area contributed by atoms with Gasteiger partial charge in [-0.2, -0.15) is 0 Å². The third kappa shape index (κ3) is 6.74. The van der Waals surface area contributed by atoms with Gasteiger partial charge in [-0.1, -0.05) is 102 Å². The summed E-state index contributed by atoms with van der Waals surface area (Å²) in [4.78, 5) is 60.4. The molecule has 11 heteroatoms. The van der Waals surface area contributed by atoms with Crippen molar-refractivity contribution in [1.29, 1.82) is 0 Å². The second-order valence-electron chi connectivity index (χ2n) is 13.6. The second kappa shape index (κ2) is 15.1. The van der Waals surface area contributed by atoms with Gasteiger partial charge in [0.05, 0.1) is 12.5 Å². The highest BCUT2D eigenvalue weighted by Crippen LogP contribution is 2.59. The van der Waals surface area contributed by atoms with Crippen molar-refractivity contribution in [1.82, 2.24) is 10.2 Å². The maximum Gasteiger partial charge on any atom is 0.313 e. The Morgan fingerprint density at radius 1 is 0.882 bits per heavy atom. The first-order valence-electron chi connectivity index (χ1n) is 17.8. The van der Waals surface area contributed by atoms with Crippen LogP contribution in [0.5, 0.6) is 0 Å². The Balaban J connectivity index is 1.31. The minimum Gasteiger partial charge on any atom is -0.455 e. The number of aliphatic hydroxyl groups is 1. The van der Waals surface area contributed by atoms with Gasteiger partial charge in [0.1, 0.15) is 29.8 Å².